The molecule has 0 bridgehead atoms. The summed E-state index contributed by atoms with van der Waals surface area (Å²) in [4.78, 5) is 28.5. The third kappa shape index (κ3) is 4.07. The Morgan fingerprint density at radius 1 is 0.944 bits per heavy atom. The average Bonchev–Trinajstić information content (AvgIpc) is 3.32. The molecule has 2 heterocycles. The maximum atomic E-state index is 13.6. The smallest absolute Gasteiger partial charge is 0.267 e. The highest BCUT2D eigenvalue weighted by Crippen LogP contribution is 2.26. The Labute approximate surface area is 213 Å². The number of carbonyl (C=O) groups is 1. The van der Waals surface area contributed by atoms with Crippen LogP contribution in [-0.2, 0) is 4.79 Å². The Morgan fingerprint density at radius 3 is 2.33 bits per heavy atom. The summed E-state index contributed by atoms with van der Waals surface area (Å²) in [6.07, 6.45) is 0. The van der Waals surface area contributed by atoms with Crippen molar-refractivity contribution in [3.05, 3.63) is 99.8 Å². The van der Waals surface area contributed by atoms with E-state index >= 15 is 0 Å². The molecular weight excluding hydrogens is 470 g/mol. The van der Waals surface area contributed by atoms with E-state index in [0.717, 1.165) is 22.4 Å². The summed E-state index contributed by atoms with van der Waals surface area (Å²) in [6, 6.07) is 23.3. The second kappa shape index (κ2) is 9.62. The van der Waals surface area contributed by atoms with Gasteiger partial charge in [-0.2, -0.15) is 0 Å². The molecule has 0 saturated heterocycles. The van der Waals surface area contributed by atoms with Crippen molar-refractivity contribution in [1.82, 2.24) is 24.1 Å². The molecule has 0 spiro atoms. The number of aromatic nitrogens is 4. The molecule has 8 heteroatoms. The number of benzene rings is 3. The summed E-state index contributed by atoms with van der Waals surface area (Å²) in [5.74, 6) is 0.614. The summed E-state index contributed by atoms with van der Waals surface area (Å²) < 4.78 is 3.51. The van der Waals surface area contributed by atoms with E-state index in [1.54, 1.807) is 9.47 Å². The molecule has 1 amide bonds. The Bertz CT molecular complexity index is 1620. The van der Waals surface area contributed by atoms with Crippen molar-refractivity contribution in [2.75, 3.05) is 12.8 Å². The van der Waals surface area contributed by atoms with Crippen molar-refractivity contribution in [3.8, 4) is 5.69 Å². The minimum absolute atomic E-state index is 0.0134. The molecule has 0 radical (unpaired) electrons. The largest absolute Gasteiger partial charge is 0.338 e. The number of aryl methyl sites for hydroxylation is 2. The molecule has 5 aromatic rings. The Hall–Kier alpha value is -3.91. The van der Waals surface area contributed by atoms with E-state index in [0.29, 0.717) is 21.8 Å². The Balaban J connectivity index is 1.56. The van der Waals surface area contributed by atoms with Crippen molar-refractivity contribution in [2.45, 2.75) is 32.0 Å². The zero-order valence-corrected chi connectivity index (χ0v) is 21.5. The van der Waals surface area contributed by atoms with E-state index in [2.05, 4.69) is 10.2 Å². The first kappa shape index (κ1) is 23.8. The van der Waals surface area contributed by atoms with Gasteiger partial charge in [-0.05, 0) is 49.6 Å². The van der Waals surface area contributed by atoms with Gasteiger partial charge in [-0.3, -0.25) is 14.0 Å². The van der Waals surface area contributed by atoms with Crippen molar-refractivity contribution in [3.63, 3.8) is 0 Å². The van der Waals surface area contributed by atoms with Gasteiger partial charge in [0.25, 0.3) is 5.56 Å². The monoisotopic (exact) mass is 497 g/mol. The van der Waals surface area contributed by atoms with Crippen LogP contribution < -0.4 is 5.56 Å². The molecular formula is C28H27N5O2S. The number of rotatable bonds is 6. The fourth-order valence-electron chi connectivity index (χ4n) is 4.53. The van der Waals surface area contributed by atoms with Crippen LogP contribution in [0.1, 0.15) is 29.7 Å². The normalized spacial score (nSPS) is 12.2. The second-order valence-corrected chi connectivity index (χ2v) is 9.84. The van der Waals surface area contributed by atoms with Gasteiger partial charge < -0.3 is 4.90 Å². The van der Waals surface area contributed by atoms with Gasteiger partial charge in [0, 0.05) is 7.05 Å². The third-order valence-corrected chi connectivity index (χ3v) is 7.55. The number of nitrogens with zero attached hydrogens (tertiary/aromatic N) is 5. The minimum Gasteiger partial charge on any atom is -0.338 e. The highest BCUT2D eigenvalue weighted by molar-refractivity contribution is 7.99. The van der Waals surface area contributed by atoms with Gasteiger partial charge in [-0.15, -0.1) is 10.2 Å². The van der Waals surface area contributed by atoms with Crippen molar-refractivity contribution in [1.29, 1.82) is 0 Å². The van der Waals surface area contributed by atoms with E-state index in [9.17, 15) is 9.59 Å². The van der Waals surface area contributed by atoms with E-state index in [-0.39, 0.29) is 23.3 Å². The Morgan fingerprint density at radius 2 is 1.61 bits per heavy atom. The number of carbonyl (C=O) groups excluding carboxylic acids is 1. The fourth-order valence-corrected chi connectivity index (χ4v) is 5.40. The van der Waals surface area contributed by atoms with E-state index in [1.165, 1.54) is 11.8 Å². The molecule has 0 aliphatic carbocycles. The predicted molar refractivity (Wildman–Crippen MR) is 144 cm³/mol. The van der Waals surface area contributed by atoms with Crippen LogP contribution in [0.3, 0.4) is 0 Å². The van der Waals surface area contributed by atoms with Crippen LogP contribution in [0.15, 0.2) is 82.7 Å². The number of hydrogen-bond donors (Lipinski definition) is 0. The van der Waals surface area contributed by atoms with Gasteiger partial charge >= 0.3 is 0 Å². The molecule has 0 aliphatic heterocycles. The van der Waals surface area contributed by atoms with Crippen molar-refractivity contribution in [2.24, 2.45) is 0 Å². The van der Waals surface area contributed by atoms with Gasteiger partial charge in [0.1, 0.15) is 0 Å². The standard InChI is InChI=1S/C28H27N5O2S/c1-18-11-10-12-19(2)25(18)33-26(35)22-15-8-9-16-23(22)32-27(33)29-30-28(32)36-17-24(34)31(4)20(3)21-13-6-5-7-14-21/h5-16,20H,17H2,1-4H3. The molecule has 1 unspecified atom stereocenters. The number of para-hydroxylation sites is 2. The number of fused-ring (bicyclic) bond motifs is 3. The summed E-state index contributed by atoms with van der Waals surface area (Å²) in [5.41, 5.74) is 4.39. The van der Waals surface area contributed by atoms with E-state index in [4.69, 9.17) is 0 Å². The van der Waals surface area contributed by atoms with Gasteiger partial charge in [-0.25, -0.2) is 4.57 Å². The van der Waals surface area contributed by atoms with Crippen molar-refractivity contribution >= 4 is 34.3 Å². The van der Waals surface area contributed by atoms with Crippen LogP contribution in [0, 0.1) is 13.8 Å². The van der Waals surface area contributed by atoms with Gasteiger partial charge in [-0.1, -0.05) is 72.4 Å². The number of thioether (sulfide) groups is 1. The van der Waals surface area contributed by atoms with Crippen LogP contribution in [-0.4, -0.2) is 42.8 Å². The van der Waals surface area contributed by atoms with Crippen LogP contribution in [0.2, 0.25) is 0 Å². The number of hydrogen-bond acceptors (Lipinski definition) is 5. The first-order chi connectivity index (χ1) is 17.4. The molecule has 0 fully saturated rings. The maximum absolute atomic E-state index is 13.6. The fraction of sp³-hybridized carbons (Fsp3) is 0.214. The third-order valence-electron chi connectivity index (χ3n) is 6.64. The zero-order valence-electron chi connectivity index (χ0n) is 20.7. The summed E-state index contributed by atoms with van der Waals surface area (Å²) in [6.45, 7) is 5.98. The first-order valence-electron chi connectivity index (χ1n) is 11.8. The number of amides is 1. The first-order valence-corrected chi connectivity index (χ1v) is 12.8. The van der Waals surface area contributed by atoms with Crippen molar-refractivity contribution < 1.29 is 4.79 Å². The average molecular weight is 498 g/mol. The quantitative estimate of drug-likeness (QED) is 0.310. The lowest BCUT2D eigenvalue weighted by Crippen LogP contribution is -2.31. The second-order valence-electron chi connectivity index (χ2n) is 8.90. The maximum Gasteiger partial charge on any atom is 0.267 e. The lowest BCUT2D eigenvalue weighted by atomic mass is 10.1. The molecule has 2 aromatic heterocycles. The lowest BCUT2D eigenvalue weighted by molar-refractivity contribution is -0.128. The van der Waals surface area contributed by atoms with E-state index in [1.807, 2.05) is 105 Å². The van der Waals surface area contributed by atoms with E-state index < -0.39 is 0 Å². The molecule has 36 heavy (non-hydrogen) atoms. The zero-order chi connectivity index (χ0) is 25.4. The van der Waals surface area contributed by atoms with Gasteiger partial charge in [0.2, 0.25) is 11.7 Å². The summed E-state index contributed by atoms with van der Waals surface area (Å²) in [5, 5.41) is 9.97. The van der Waals surface area contributed by atoms with Crippen LogP contribution in [0.5, 0.6) is 0 Å². The van der Waals surface area contributed by atoms with Gasteiger partial charge in [0.05, 0.1) is 28.4 Å². The molecule has 0 aliphatic rings. The molecule has 182 valence electrons. The molecule has 0 N–H and O–H groups in total. The molecule has 0 saturated carbocycles. The lowest BCUT2D eigenvalue weighted by Gasteiger charge is -2.25. The predicted octanol–water partition coefficient (Wildman–Crippen LogP) is 4.96. The van der Waals surface area contributed by atoms with Crippen LogP contribution >= 0.6 is 11.8 Å². The topological polar surface area (TPSA) is 72.5 Å². The highest BCUT2D eigenvalue weighted by atomic mass is 32.2. The highest BCUT2D eigenvalue weighted by Gasteiger charge is 2.22. The SMILES string of the molecule is Cc1cccc(C)c1-n1c(=O)c2ccccc2n2c(SCC(=O)N(C)C(C)c3ccccc3)nnc12. The summed E-state index contributed by atoms with van der Waals surface area (Å²) in [7, 11) is 1.82. The van der Waals surface area contributed by atoms with Crippen LogP contribution in [0.25, 0.3) is 22.4 Å². The summed E-state index contributed by atoms with van der Waals surface area (Å²) >= 11 is 1.32. The van der Waals surface area contributed by atoms with Crippen LogP contribution in [0.4, 0.5) is 0 Å². The molecule has 5 rings (SSSR count). The molecule has 7 nitrogen and oxygen atoms in total. The minimum atomic E-state index is -0.146. The van der Waals surface area contributed by atoms with Gasteiger partial charge in [0.15, 0.2) is 5.16 Å². The molecule has 1 atom stereocenters. The molecule has 3 aromatic carbocycles. The Kier molecular flexibility index (Phi) is 6.36.